The second kappa shape index (κ2) is 9.51. The van der Waals surface area contributed by atoms with Crippen molar-refractivity contribution in [1.29, 1.82) is 0 Å². The Balaban J connectivity index is 0.00000210. The smallest absolute Gasteiger partial charge is 0.00255 e. The first-order chi connectivity index (χ1) is 12.9. The van der Waals surface area contributed by atoms with Gasteiger partial charge in [0.15, 0.2) is 0 Å². The molecule has 0 radical (unpaired) electrons. The molecule has 0 nitrogen and oxygen atoms in total. The molecule has 27 heavy (non-hydrogen) atoms. The lowest BCUT2D eigenvalue weighted by Crippen LogP contribution is -2.20. The highest BCUT2D eigenvalue weighted by Crippen LogP contribution is 2.32. The highest BCUT2D eigenvalue weighted by Gasteiger charge is 2.16. The van der Waals surface area contributed by atoms with Crippen molar-refractivity contribution in [3.8, 4) is 0 Å². The molecule has 0 fully saturated rings. The maximum absolute atomic E-state index is 2.39. The van der Waals surface area contributed by atoms with E-state index in [1.807, 2.05) is 0 Å². The summed E-state index contributed by atoms with van der Waals surface area (Å²) in [5, 5.41) is 4.20. The fourth-order valence-electron chi connectivity index (χ4n) is 3.24. The number of hydrogen-bond donors (Lipinski definition) is 0. The van der Waals surface area contributed by atoms with E-state index < -0.39 is 7.92 Å². The van der Waals surface area contributed by atoms with E-state index in [1.165, 1.54) is 27.0 Å². The summed E-state index contributed by atoms with van der Waals surface area (Å²) < 4.78 is 0. The Hall–Kier alpha value is -2.40. The SMILES string of the molecule is Cl.c1ccc(Cc2cccc(P(c3ccccc3)c3ccccc3)c2)cc1. The van der Waals surface area contributed by atoms with Crippen LogP contribution in [0.25, 0.3) is 0 Å². The molecule has 2 heteroatoms. The van der Waals surface area contributed by atoms with Crippen molar-refractivity contribution >= 4 is 36.2 Å². The van der Waals surface area contributed by atoms with Gasteiger partial charge in [0.25, 0.3) is 0 Å². The van der Waals surface area contributed by atoms with Crippen LogP contribution < -0.4 is 15.9 Å². The van der Waals surface area contributed by atoms with Crippen LogP contribution in [-0.2, 0) is 6.42 Å². The molecule has 0 aliphatic rings. The molecule has 0 amide bonds. The lowest BCUT2D eigenvalue weighted by Gasteiger charge is -2.20. The van der Waals surface area contributed by atoms with Crippen molar-refractivity contribution in [3.63, 3.8) is 0 Å². The maximum atomic E-state index is 2.39. The Labute approximate surface area is 169 Å². The van der Waals surface area contributed by atoms with Gasteiger partial charge in [0.05, 0.1) is 0 Å². The van der Waals surface area contributed by atoms with E-state index in [9.17, 15) is 0 Å². The fourth-order valence-corrected chi connectivity index (χ4v) is 5.60. The number of benzene rings is 4. The molecule has 0 N–H and O–H groups in total. The van der Waals surface area contributed by atoms with E-state index in [0.29, 0.717) is 0 Å². The van der Waals surface area contributed by atoms with Gasteiger partial charge in [0, 0.05) is 0 Å². The molecule has 0 atom stereocenters. The van der Waals surface area contributed by atoms with Gasteiger partial charge in [-0.15, -0.1) is 12.4 Å². The first-order valence-electron chi connectivity index (χ1n) is 8.93. The molecule has 0 bridgehead atoms. The van der Waals surface area contributed by atoms with E-state index >= 15 is 0 Å². The molecule has 4 aromatic rings. The summed E-state index contributed by atoms with van der Waals surface area (Å²) >= 11 is 0. The molecule has 0 aliphatic carbocycles. The highest BCUT2D eigenvalue weighted by molar-refractivity contribution is 7.79. The second-order valence-electron chi connectivity index (χ2n) is 6.34. The molecular formula is C25H22ClP. The Morgan fingerprint density at radius 2 is 0.889 bits per heavy atom. The zero-order valence-electron chi connectivity index (χ0n) is 15.0. The normalized spacial score (nSPS) is 10.4. The summed E-state index contributed by atoms with van der Waals surface area (Å²) in [6.45, 7) is 0. The van der Waals surface area contributed by atoms with Crippen molar-refractivity contribution in [3.05, 3.63) is 126 Å². The number of halogens is 1. The predicted molar refractivity (Wildman–Crippen MR) is 122 cm³/mol. The summed E-state index contributed by atoms with van der Waals surface area (Å²) in [7, 11) is -0.537. The minimum absolute atomic E-state index is 0. The standard InChI is InChI=1S/C25H21P.ClH/c1-4-11-21(12-5-1)19-22-13-10-18-25(20-22)26(23-14-6-2-7-15-23)24-16-8-3-9-17-24;/h1-18,20H,19H2;1H. The fraction of sp³-hybridized carbons (Fsp3) is 0.0400. The third-order valence-corrected chi connectivity index (χ3v) is 6.87. The lowest BCUT2D eigenvalue weighted by atomic mass is 10.1. The molecule has 0 spiro atoms. The van der Waals surface area contributed by atoms with Crippen LogP contribution in [0.4, 0.5) is 0 Å². The topological polar surface area (TPSA) is 0 Å². The molecule has 0 aliphatic heterocycles. The largest absolute Gasteiger partial charge is 0.147 e. The zero-order chi connectivity index (χ0) is 17.6. The molecule has 0 heterocycles. The average molecular weight is 389 g/mol. The summed E-state index contributed by atoms with van der Waals surface area (Å²) in [6.07, 6.45) is 0.974. The first kappa shape index (κ1) is 19.4. The van der Waals surface area contributed by atoms with Crippen LogP contribution in [0.2, 0.25) is 0 Å². The van der Waals surface area contributed by atoms with Gasteiger partial charge in [-0.1, -0.05) is 115 Å². The van der Waals surface area contributed by atoms with Crippen LogP contribution in [0, 0.1) is 0 Å². The Morgan fingerprint density at radius 1 is 0.444 bits per heavy atom. The van der Waals surface area contributed by atoms with Gasteiger partial charge in [-0.2, -0.15) is 0 Å². The van der Waals surface area contributed by atoms with Gasteiger partial charge in [-0.3, -0.25) is 0 Å². The van der Waals surface area contributed by atoms with Gasteiger partial charge in [-0.25, -0.2) is 0 Å². The molecule has 4 aromatic carbocycles. The first-order valence-corrected chi connectivity index (χ1v) is 10.3. The number of rotatable bonds is 5. The third-order valence-electron chi connectivity index (χ3n) is 4.45. The minimum atomic E-state index is -0.537. The van der Waals surface area contributed by atoms with Gasteiger partial charge in [-0.05, 0) is 41.4 Å². The zero-order valence-corrected chi connectivity index (χ0v) is 16.7. The Kier molecular flexibility index (Phi) is 6.82. The van der Waals surface area contributed by atoms with Crippen molar-refractivity contribution in [2.24, 2.45) is 0 Å². The third kappa shape index (κ3) is 4.86. The van der Waals surface area contributed by atoms with Crippen molar-refractivity contribution in [1.82, 2.24) is 0 Å². The Bertz CT molecular complexity index is 913. The maximum Gasteiger partial charge on any atom is -0.00255 e. The second-order valence-corrected chi connectivity index (χ2v) is 8.56. The average Bonchev–Trinajstić information content (AvgIpc) is 2.71. The predicted octanol–water partition coefficient (Wildman–Crippen LogP) is 5.46. The molecular weight excluding hydrogens is 367 g/mol. The monoisotopic (exact) mass is 388 g/mol. The van der Waals surface area contributed by atoms with Crippen molar-refractivity contribution in [2.45, 2.75) is 6.42 Å². The summed E-state index contributed by atoms with van der Waals surface area (Å²) in [5.74, 6) is 0. The van der Waals surface area contributed by atoms with Crippen LogP contribution in [0.1, 0.15) is 11.1 Å². The van der Waals surface area contributed by atoms with Crippen LogP contribution in [0.15, 0.2) is 115 Å². The van der Waals surface area contributed by atoms with E-state index in [4.69, 9.17) is 0 Å². The minimum Gasteiger partial charge on any atom is -0.147 e. The van der Waals surface area contributed by atoms with Gasteiger partial charge in [0.1, 0.15) is 0 Å². The van der Waals surface area contributed by atoms with Crippen molar-refractivity contribution in [2.75, 3.05) is 0 Å². The van der Waals surface area contributed by atoms with Crippen molar-refractivity contribution < 1.29 is 0 Å². The van der Waals surface area contributed by atoms with Crippen LogP contribution >= 0.6 is 20.3 Å². The van der Waals surface area contributed by atoms with Gasteiger partial charge >= 0.3 is 0 Å². The molecule has 0 saturated carbocycles. The summed E-state index contributed by atoms with van der Waals surface area (Å²) in [4.78, 5) is 0. The highest BCUT2D eigenvalue weighted by atomic mass is 35.5. The summed E-state index contributed by atoms with van der Waals surface area (Å²) in [5.41, 5.74) is 2.72. The molecule has 134 valence electrons. The van der Waals surface area contributed by atoms with E-state index in [-0.39, 0.29) is 12.4 Å². The van der Waals surface area contributed by atoms with E-state index in [2.05, 4.69) is 115 Å². The quantitative estimate of drug-likeness (QED) is 0.398. The van der Waals surface area contributed by atoms with E-state index in [1.54, 1.807) is 0 Å². The van der Waals surface area contributed by atoms with Crippen LogP contribution in [-0.4, -0.2) is 0 Å². The molecule has 0 unspecified atom stereocenters. The Morgan fingerprint density at radius 3 is 1.44 bits per heavy atom. The molecule has 0 aromatic heterocycles. The lowest BCUT2D eigenvalue weighted by molar-refractivity contribution is 1.20. The number of hydrogen-bond acceptors (Lipinski definition) is 0. The molecule has 0 saturated heterocycles. The van der Waals surface area contributed by atoms with Crippen LogP contribution in [0.5, 0.6) is 0 Å². The molecule has 4 rings (SSSR count). The van der Waals surface area contributed by atoms with E-state index in [0.717, 1.165) is 6.42 Å². The summed E-state index contributed by atoms with van der Waals surface area (Å²) in [6, 6.07) is 41.6. The van der Waals surface area contributed by atoms with Crippen LogP contribution in [0.3, 0.4) is 0 Å². The van der Waals surface area contributed by atoms with Gasteiger partial charge in [0.2, 0.25) is 0 Å². The van der Waals surface area contributed by atoms with Gasteiger partial charge < -0.3 is 0 Å².